The number of carbonyl (C=O) groups is 1. The molecule has 1 amide bonds. The molecule has 1 aromatic rings. The third-order valence-corrected chi connectivity index (χ3v) is 3.21. The SMILES string of the molecule is CC(OCCCNC(=O)C1CC1)c1ccccc1. The van der Waals surface area contributed by atoms with E-state index < -0.39 is 0 Å². The van der Waals surface area contributed by atoms with E-state index in [1.807, 2.05) is 18.2 Å². The molecule has 0 saturated heterocycles. The standard InChI is InChI=1S/C15H21NO2/c1-12(13-6-3-2-4-7-13)18-11-5-10-16-15(17)14-8-9-14/h2-4,6-7,12,14H,5,8-11H2,1H3,(H,16,17). The van der Waals surface area contributed by atoms with Gasteiger partial charge in [0.1, 0.15) is 0 Å². The van der Waals surface area contributed by atoms with Gasteiger partial charge in [-0.25, -0.2) is 0 Å². The zero-order valence-electron chi connectivity index (χ0n) is 10.9. The quantitative estimate of drug-likeness (QED) is 0.752. The Morgan fingerprint density at radius 1 is 1.39 bits per heavy atom. The third-order valence-electron chi connectivity index (χ3n) is 3.21. The minimum absolute atomic E-state index is 0.116. The van der Waals surface area contributed by atoms with Crippen LogP contribution in [-0.4, -0.2) is 19.1 Å². The monoisotopic (exact) mass is 247 g/mol. The summed E-state index contributed by atoms with van der Waals surface area (Å²) < 4.78 is 5.73. The molecule has 1 fully saturated rings. The molecule has 1 N–H and O–H groups in total. The Hall–Kier alpha value is -1.35. The summed E-state index contributed by atoms with van der Waals surface area (Å²) in [6, 6.07) is 10.2. The van der Waals surface area contributed by atoms with Crippen LogP contribution in [0.3, 0.4) is 0 Å². The first kappa shape index (κ1) is 13.1. The molecule has 98 valence electrons. The molecule has 1 saturated carbocycles. The first-order chi connectivity index (χ1) is 8.77. The Labute approximate surface area is 109 Å². The Balaban J connectivity index is 1.56. The molecule has 3 nitrogen and oxygen atoms in total. The average Bonchev–Trinajstić information content (AvgIpc) is 3.23. The molecule has 0 radical (unpaired) electrons. The van der Waals surface area contributed by atoms with Crippen LogP contribution in [0, 0.1) is 5.92 Å². The smallest absolute Gasteiger partial charge is 0.223 e. The maximum atomic E-state index is 11.4. The fourth-order valence-corrected chi connectivity index (χ4v) is 1.85. The van der Waals surface area contributed by atoms with Gasteiger partial charge in [0.25, 0.3) is 0 Å². The Bertz CT molecular complexity index is 373. The van der Waals surface area contributed by atoms with Crippen LogP contribution in [0.1, 0.15) is 37.9 Å². The number of amides is 1. The van der Waals surface area contributed by atoms with E-state index in [2.05, 4.69) is 24.4 Å². The Morgan fingerprint density at radius 3 is 2.78 bits per heavy atom. The van der Waals surface area contributed by atoms with E-state index in [9.17, 15) is 4.79 Å². The van der Waals surface area contributed by atoms with Gasteiger partial charge in [-0.3, -0.25) is 4.79 Å². The lowest BCUT2D eigenvalue weighted by Crippen LogP contribution is -2.26. The summed E-state index contributed by atoms with van der Waals surface area (Å²) in [7, 11) is 0. The lowest BCUT2D eigenvalue weighted by molar-refractivity contribution is -0.122. The lowest BCUT2D eigenvalue weighted by Gasteiger charge is -2.13. The van der Waals surface area contributed by atoms with Gasteiger partial charge in [0, 0.05) is 19.1 Å². The predicted molar refractivity (Wildman–Crippen MR) is 71.2 cm³/mol. The number of rotatable bonds is 7. The van der Waals surface area contributed by atoms with E-state index in [4.69, 9.17) is 4.74 Å². The highest BCUT2D eigenvalue weighted by atomic mass is 16.5. The van der Waals surface area contributed by atoms with Crippen LogP contribution < -0.4 is 5.32 Å². The number of hydrogen-bond donors (Lipinski definition) is 1. The van der Waals surface area contributed by atoms with Gasteiger partial charge in [-0.2, -0.15) is 0 Å². The maximum Gasteiger partial charge on any atom is 0.223 e. The van der Waals surface area contributed by atoms with Crippen LogP contribution in [0.4, 0.5) is 0 Å². The van der Waals surface area contributed by atoms with Gasteiger partial charge in [-0.1, -0.05) is 30.3 Å². The van der Waals surface area contributed by atoms with E-state index in [0.29, 0.717) is 12.5 Å². The van der Waals surface area contributed by atoms with Crippen LogP contribution in [0.5, 0.6) is 0 Å². The first-order valence-electron chi connectivity index (χ1n) is 6.71. The van der Waals surface area contributed by atoms with Crippen molar-refractivity contribution < 1.29 is 9.53 Å². The number of hydrogen-bond acceptors (Lipinski definition) is 2. The molecular weight excluding hydrogens is 226 g/mol. The van der Waals surface area contributed by atoms with Gasteiger partial charge in [0.2, 0.25) is 5.91 Å². The maximum absolute atomic E-state index is 11.4. The summed E-state index contributed by atoms with van der Waals surface area (Å²) >= 11 is 0. The summed E-state index contributed by atoms with van der Waals surface area (Å²) in [6.07, 6.45) is 3.11. The van der Waals surface area contributed by atoms with Crippen molar-refractivity contribution >= 4 is 5.91 Å². The zero-order valence-corrected chi connectivity index (χ0v) is 10.9. The van der Waals surface area contributed by atoms with Gasteiger partial charge in [-0.15, -0.1) is 0 Å². The van der Waals surface area contributed by atoms with Crippen LogP contribution in [0.15, 0.2) is 30.3 Å². The highest BCUT2D eigenvalue weighted by Gasteiger charge is 2.28. The summed E-state index contributed by atoms with van der Waals surface area (Å²) in [6.45, 7) is 3.45. The van der Waals surface area contributed by atoms with E-state index in [-0.39, 0.29) is 12.0 Å². The lowest BCUT2D eigenvalue weighted by atomic mass is 10.1. The van der Waals surface area contributed by atoms with Crippen LogP contribution in [0.2, 0.25) is 0 Å². The van der Waals surface area contributed by atoms with Gasteiger partial charge in [-0.05, 0) is 31.7 Å². The average molecular weight is 247 g/mol. The van der Waals surface area contributed by atoms with Crippen LogP contribution >= 0.6 is 0 Å². The molecule has 0 heterocycles. The van der Waals surface area contributed by atoms with Gasteiger partial charge >= 0.3 is 0 Å². The van der Waals surface area contributed by atoms with Crippen molar-refractivity contribution in [2.75, 3.05) is 13.2 Å². The number of ether oxygens (including phenoxy) is 1. The second-order valence-corrected chi connectivity index (χ2v) is 4.84. The molecule has 3 heteroatoms. The Morgan fingerprint density at radius 2 is 2.11 bits per heavy atom. The number of nitrogens with one attached hydrogen (secondary N) is 1. The topological polar surface area (TPSA) is 38.3 Å². The molecule has 1 aliphatic rings. The molecule has 0 aromatic heterocycles. The van der Waals surface area contributed by atoms with Gasteiger partial charge < -0.3 is 10.1 Å². The molecule has 18 heavy (non-hydrogen) atoms. The summed E-state index contributed by atoms with van der Waals surface area (Å²) in [5.74, 6) is 0.514. The summed E-state index contributed by atoms with van der Waals surface area (Å²) in [4.78, 5) is 11.4. The largest absolute Gasteiger partial charge is 0.374 e. The fourth-order valence-electron chi connectivity index (χ4n) is 1.85. The van der Waals surface area contributed by atoms with E-state index in [1.54, 1.807) is 0 Å². The fraction of sp³-hybridized carbons (Fsp3) is 0.533. The minimum Gasteiger partial charge on any atom is -0.374 e. The third kappa shape index (κ3) is 4.15. The minimum atomic E-state index is 0.116. The van der Waals surface area contributed by atoms with Crippen molar-refractivity contribution in [1.29, 1.82) is 0 Å². The van der Waals surface area contributed by atoms with E-state index in [0.717, 1.165) is 25.8 Å². The predicted octanol–water partition coefficient (Wildman–Crippen LogP) is 2.68. The van der Waals surface area contributed by atoms with E-state index >= 15 is 0 Å². The molecule has 0 bridgehead atoms. The highest BCUT2D eigenvalue weighted by molar-refractivity contribution is 5.80. The van der Waals surface area contributed by atoms with Crippen LogP contribution in [-0.2, 0) is 9.53 Å². The molecule has 1 unspecified atom stereocenters. The molecule has 0 spiro atoms. The normalized spacial score (nSPS) is 16.3. The van der Waals surface area contributed by atoms with Gasteiger partial charge in [0.05, 0.1) is 6.10 Å². The van der Waals surface area contributed by atoms with Gasteiger partial charge in [0.15, 0.2) is 0 Å². The molecule has 1 aromatic carbocycles. The van der Waals surface area contributed by atoms with Crippen molar-refractivity contribution in [3.05, 3.63) is 35.9 Å². The number of benzene rings is 1. The van der Waals surface area contributed by atoms with Crippen molar-refractivity contribution in [2.45, 2.75) is 32.3 Å². The number of carbonyl (C=O) groups excluding carboxylic acids is 1. The second kappa shape index (κ2) is 6.55. The van der Waals surface area contributed by atoms with Crippen molar-refractivity contribution in [3.63, 3.8) is 0 Å². The molecule has 2 rings (SSSR count). The van der Waals surface area contributed by atoms with Crippen LogP contribution in [0.25, 0.3) is 0 Å². The zero-order chi connectivity index (χ0) is 12.8. The molecule has 1 atom stereocenters. The van der Waals surface area contributed by atoms with E-state index in [1.165, 1.54) is 5.56 Å². The highest BCUT2D eigenvalue weighted by Crippen LogP contribution is 2.28. The molecule has 0 aliphatic heterocycles. The second-order valence-electron chi connectivity index (χ2n) is 4.84. The van der Waals surface area contributed by atoms with Crippen molar-refractivity contribution in [1.82, 2.24) is 5.32 Å². The summed E-state index contributed by atoms with van der Waals surface area (Å²) in [5, 5.41) is 2.94. The summed E-state index contributed by atoms with van der Waals surface area (Å²) in [5.41, 5.74) is 1.19. The first-order valence-corrected chi connectivity index (χ1v) is 6.71. The molecular formula is C15H21NO2. The Kier molecular flexibility index (Phi) is 4.76. The van der Waals surface area contributed by atoms with Crippen molar-refractivity contribution in [2.24, 2.45) is 5.92 Å². The molecule has 1 aliphatic carbocycles. The van der Waals surface area contributed by atoms with Crippen molar-refractivity contribution in [3.8, 4) is 0 Å².